The number of likely N-dealkylation sites (N-methyl/N-ethyl adjacent to an activating group) is 1. The number of nitrogens with zero attached hydrogens (tertiary/aromatic N) is 4. The Morgan fingerprint density at radius 2 is 1.78 bits per heavy atom. The average molecular weight is 720 g/mol. The van der Waals surface area contributed by atoms with Gasteiger partial charge in [0.1, 0.15) is 5.82 Å². The van der Waals surface area contributed by atoms with Crippen molar-refractivity contribution in [1.82, 2.24) is 19.4 Å². The predicted octanol–water partition coefficient (Wildman–Crippen LogP) is 7.62. The molecular formula is C35H29N4OPt-3. The van der Waals surface area contributed by atoms with Crippen molar-refractivity contribution in [2.24, 2.45) is 0 Å². The van der Waals surface area contributed by atoms with Crippen LogP contribution in [0.15, 0.2) is 97.4 Å². The summed E-state index contributed by atoms with van der Waals surface area (Å²) in [6.45, 7) is 4.20. The van der Waals surface area contributed by atoms with E-state index in [4.69, 9.17) is 13.8 Å². The van der Waals surface area contributed by atoms with Gasteiger partial charge < -0.3 is 19.1 Å². The molecule has 7 rings (SSSR count). The number of fused-ring (bicyclic) bond motifs is 4. The minimum Gasteiger partial charge on any atom is -0.504 e. The Bertz CT molecular complexity index is 1970. The van der Waals surface area contributed by atoms with Crippen LogP contribution in [-0.4, -0.2) is 32.5 Å². The second-order valence-electron chi connectivity index (χ2n) is 11.0. The largest absolute Gasteiger partial charge is 0.504 e. The molecule has 5 nitrogen and oxygen atoms in total. The monoisotopic (exact) mass is 719 g/mol. The van der Waals surface area contributed by atoms with E-state index in [0.29, 0.717) is 22.8 Å². The molecule has 0 radical (unpaired) electrons. The summed E-state index contributed by atoms with van der Waals surface area (Å²) in [6.07, 6.45) is 11.9. The number of para-hydroxylation sites is 1. The van der Waals surface area contributed by atoms with E-state index in [2.05, 4.69) is 67.9 Å². The summed E-state index contributed by atoms with van der Waals surface area (Å²) < 4.78 is 33.0. The number of ether oxygens (including phenoxy) is 1. The van der Waals surface area contributed by atoms with Crippen molar-refractivity contribution < 1.29 is 29.9 Å². The van der Waals surface area contributed by atoms with Gasteiger partial charge in [0.25, 0.3) is 0 Å². The van der Waals surface area contributed by atoms with Crippen molar-refractivity contribution in [3.63, 3.8) is 0 Å². The van der Waals surface area contributed by atoms with Gasteiger partial charge in [-0.2, -0.15) is 24.3 Å². The molecule has 5 aromatic rings. The fraction of sp³-hybridized carbons (Fsp3) is 0.171. The van der Waals surface area contributed by atoms with Crippen LogP contribution in [0.4, 0.5) is 0 Å². The summed E-state index contributed by atoms with van der Waals surface area (Å²) >= 11 is 0. The molecule has 2 aliphatic rings. The minimum atomic E-state index is -2.37. The number of benzene rings is 3. The van der Waals surface area contributed by atoms with E-state index in [1.54, 1.807) is 11.0 Å². The molecule has 3 aromatic carbocycles. The van der Waals surface area contributed by atoms with Gasteiger partial charge in [-0.1, -0.05) is 56.8 Å². The molecule has 0 saturated heterocycles. The first-order valence-corrected chi connectivity index (χ1v) is 13.3. The van der Waals surface area contributed by atoms with E-state index in [0.717, 1.165) is 27.6 Å². The molecule has 41 heavy (non-hydrogen) atoms. The van der Waals surface area contributed by atoms with E-state index >= 15 is 0 Å². The fourth-order valence-electron chi connectivity index (χ4n) is 5.24. The van der Waals surface area contributed by atoms with Gasteiger partial charge >= 0.3 is 0 Å². The second-order valence-corrected chi connectivity index (χ2v) is 11.0. The van der Waals surface area contributed by atoms with Crippen molar-refractivity contribution in [3.05, 3.63) is 127 Å². The van der Waals surface area contributed by atoms with Crippen LogP contribution >= 0.6 is 0 Å². The maximum atomic E-state index is 8.18. The molecule has 2 aromatic heterocycles. The van der Waals surface area contributed by atoms with Crippen molar-refractivity contribution in [3.8, 4) is 17.3 Å². The van der Waals surface area contributed by atoms with Crippen LogP contribution in [0.25, 0.3) is 33.3 Å². The van der Waals surface area contributed by atoms with Crippen LogP contribution in [0.2, 0.25) is 0 Å². The van der Waals surface area contributed by atoms with Crippen LogP contribution < -0.4 is 4.74 Å². The zero-order valence-corrected chi connectivity index (χ0v) is 25.1. The summed E-state index contributed by atoms with van der Waals surface area (Å²) in [7, 11) is 0. The molecule has 208 valence electrons. The van der Waals surface area contributed by atoms with E-state index in [9.17, 15) is 0 Å². The Hall–Kier alpha value is -4.08. The summed E-state index contributed by atoms with van der Waals surface area (Å²) in [5.41, 5.74) is 4.04. The van der Waals surface area contributed by atoms with Gasteiger partial charge in [-0.15, -0.1) is 41.6 Å². The second kappa shape index (κ2) is 10.4. The number of pyridine rings is 1. The molecule has 0 saturated carbocycles. The van der Waals surface area contributed by atoms with Gasteiger partial charge in [-0.05, 0) is 47.6 Å². The molecule has 0 amide bonds. The summed E-state index contributed by atoms with van der Waals surface area (Å²) in [5.74, 6) is 1.77. The maximum Gasteiger partial charge on any atom is 0.135 e. The number of rotatable bonds is 4. The Balaban J connectivity index is 0.00000343. The van der Waals surface area contributed by atoms with Crippen molar-refractivity contribution >= 4 is 27.5 Å². The first kappa shape index (κ1) is 23.6. The summed E-state index contributed by atoms with van der Waals surface area (Å²) in [6, 6.07) is 28.6. The number of aromatic nitrogens is 2. The molecule has 0 aliphatic carbocycles. The van der Waals surface area contributed by atoms with Crippen molar-refractivity contribution in [2.75, 3.05) is 6.98 Å². The molecular weight excluding hydrogens is 687 g/mol. The fourth-order valence-corrected chi connectivity index (χ4v) is 5.24. The molecule has 0 spiro atoms. The molecule has 0 bridgehead atoms. The van der Waals surface area contributed by atoms with Crippen LogP contribution in [-0.2, 0) is 26.5 Å². The van der Waals surface area contributed by atoms with Crippen LogP contribution in [0.5, 0.6) is 11.5 Å². The van der Waals surface area contributed by atoms with Crippen LogP contribution in [0, 0.1) is 18.3 Å². The van der Waals surface area contributed by atoms with Gasteiger partial charge in [0.15, 0.2) is 0 Å². The zero-order valence-electron chi connectivity index (χ0n) is 25.8. The Labute approximate surface area is 259 Å². The molecule has 0 N–H and O–H groups in total. The third-order valence-electron chi connectivity index (χ3n) is 7.31. The number of hydrogen-bond donors (Lipinski definition) is 0. The first-order chi connectivity index (χ1) is 20.6. The maximum absolute atomic E-state index is 8.18. The molecule has 1 atom stereocenters. The minimum absolute atomic E-state index is 0. The summed E-state index contributed by atoms with van der Waals surface area (Å²) in [5, 5.41) is 2.14. The van der Waals surface area contributed by atoms with E-state index in [1.807, 2.05) is 67.0 Å². The van der Waals surface area contributed by atoms with Gasteiger partial charge in [0.05, 0.1) is 6.17 Å². The topological polar surface area (TPSA) is 33.5 Å². The molecule has 1 unspecified atom stereocenters. The van der Waals surface area contributed by atoms with Gasteiger partial charge in [0.2, 0.25) is 0 Å². The third-order valence-corrected chi connectivity index (χ3v) is 7.31. The first-order valence-electron chi connectivity index (χ1n) is 14.8. The average Bonchev–Trinajstić information content (AvgIpc) is 3.53. The van der Waals surface area contributed by atoms with Gasteiger partial charge in [0, 0.05) is 48.4 Å². The van der Waals surface area contributed by atoms with E-state index in [-0.39, 0.29) is 26.5 Å². The molecule has 4 heterocycles. The number of hydrogen-bond acceptors (Lipinski definition) is 4. The zero-order chi connectivity index (χ0) is 29.9. The third kappa shape index (κ3) is 4.79. The normalized spacial score (nSPS) is 17.6. The van der Waals surface area contributed by atoms with Crippen LogP contribution in [0.1, 0.15) is 36.0 Å². The molecule has 0 fully saturated rings. The van der Waals surface area contributed by atoms with Crippen molar-refractivity contribution in [1.29, 1.82) is 0 Å². The Kier molecular flexibility index (Phi) is 5.98. The standard InChI is InChI=1S/C35H29N4O.Pt/c1-35(2,3)25-17-18-36-33(21-25)39-30-13-6-5-12-28(30)29-16-15-27(22-31(29)39)40-26-11-9-10-24(20-26)32-23-38-19-8-7-14-34(38)37(32)4;/h5-19,21,34H,1-4H3;/q-3;/i4D3;. The smallest absolute Gasteiger partial charge is 0.135 e. The number of allylic oxidation sites excluding steroid dienone is 2. The molecule has 2 aliphatic heterocycles. The Morgan fingerprint density at radius 1 is 0.927 bits per heavy atom. The van der Waals surface area contributed by atoms with Gasteiger partial charge in [-0.25, -0.2) is 10.5 Å². The predicted molar refractivity (Wildman–Crippen MR) is 160 cm³/mol. The quantitative estimate of drug-likeness (QED) is 0.179. The Morgan fingerprint density at radius 3 is 2.63 bits per heavy atom. The van der Waals surface area contributed by atoms with E-state index in [1.165, 1.54) is 10.5 Å². The van der Waals surface area contributed by atoms with E-state index < -0.39 is 13.1 Å². The van der Waals surface area contributed by atoms with Crippen LogP contribution in [0.3, 0.4) is 0 Å². The van der Waals surface area contributed by atoms with Gasteiger partial charge in [-0.3, -0.25) is 0 Å². The van der Waals surface area contributed by atoms with Crippen molar-refractivity contribution in [2.45, 2.75) is 32.4 Å². The summed E-state index contributed by atoms with van der Waals surface area (Å²) in [4.78, 5) is 7.87. The molecule has 6 heteroatoms. The SMILES string of the molecule is [2H]C([2H])([2H])N1C(c2[c-]c(Oc3[c-]c4c(cc3)c3ccccc3n4-c3cc(C(C)(C)C)ccn3)ccc2)=[C-]N2C=CC=CC21.[Pt].